The molecule has 2 aromatic heterocycles. The van der Waals surface area contributed by atoms with E-state index in [-0.39, 0.29) is 11.2 Å². The molecule has 3 aromatic rings. The molecule has 3 heterocycles. The molecule has 0 amide bonds. The number of aromatic nitrogens is 4. The molecule has 0 bridgehead atoms. The highest BCUT2D eigenvalue weighted by atomic mass is 16.2. The first-order valence-electron chi connectivity index (χ1n) is 10.8. The molecule has 1 aliphatic heterocycles. The molecule has 0 aliphatic carbocycles. The zero-order valence-corrected chi connectivity index (χ0v) is 18.3. The summed E-state index contributed by atoms with van der Waals surface area (Å²) in [6, 6.07) is 10.3. The smallest absolute Gasteiger partial charge is 0.332 e. The van der Waals surface area contributed by atoms with E-state index >= 15 is 0 Å². The standard InChI is InChI=1S/C23H30N6O2/c1-4-12-27-14-16-28(17-15-27)22-24-20-19(21(30)26(3)23(31)25(20)2)29(22)13-8-11-18-9-6-5-7-10-18/h4-7,9-10H,1,8,11-17H2,2-3H3. The van der Waals surface area contributed by atoms with Gasteiger partial charge in [0.2, 0.25) is 5.95 Å². The minimum Gasteiger partial charge on any atom is -0.340 e. The normalized spacial score (nSPS) is 15.0. The maximum Gasteiger partial charge on any atom is 0.332 e. The van der Waals surface area contributed by atoms with Crippen LogP contribution in [0.3, 0.4) is 0 Å². The summed E-state index contributed by atoms with van der Waals surface area (Å²) in [5, 5.41) is 0. The van der Waals surface area contributed by atoms with Crippen molar-refractivity contribution in [3.05, 3.63) is 69.4 Å². The lowest BCUT2D eigenvalue weighted by Gasteiger charge is -2.34. The number of hydrogen-bond donors (Lipinski definition) is 0. The highest BCUT2D eigenvalue weighted by molar-refractivity contribution is 5.74. The molecule has 8 heteroatoms. The molecule has 0 N–H and O–H groups in total. The van der Waals surface area contributed by atoms with Gasteiger partial charge < -0.3 is 9.47 Å². The number of anilines is 1. The van der Waals surface area contributed by atoms with Crippen LogP contribution in [-0.4, -0.2) is 56.3 Å². The fourth-order valence-corrected chi connectivity index (χ4v) is 4.29. The zero-order valence-electron chi connectivity index (χ0n) is 18.3. The van der Waals surface area contributed by atoms with Crippen molar-refractivity contribution in [2.45, 2.75) is 19.4 Å². The Morgan fingerprint density at radius 3 is 2.42 bits per heavy atom. The maximum atomic E-state index is 13.0. The van der Waals surface area contributed by atoms with E-state index in [2.05, 4.69) is 28.5 Å². The Labute approximate surface area is 181 Å². The van der Waals surface area contributed by atoms with Crippen LogP contribution in [0.5, 0.6) is 0 Å². The predicted octanol–water partition coefficient (Wildman–Crippen LogP) is 1.37. The highest BCUT2D eigenvalue weighted by Gasteiger charge is 2.25. The minimum atomic E-state index is -0.353. The van der Waals surface area contributed by atoms with Gasteiger partial charge in [0.05, 0.1) is 0 Å². The second-order valence-corrected chi connectivity index (χ2v) is 8.11. The Bertz CT molecular complexity index is 1180. The maximum absolute atomic E-state index is 13.0. The van der Waals surface area contributed by atoms with Gasteiger partial charge in [-0.3, -0.25) is 18.8 Å². The Kier molecular flexibility index (Phi) is 6.08. The highest BCUT2D eigenvalue weighted by Crippen LogP contribution is 2.22. The van der Waals surface area contributed by atoms with Gasteiger partial charge in [-0.2, -0.15) is 4.98 Å². The van der Waals surface area contributed by atoms with E-state index < -0.39 is 0 Å². The number of aryl methyl sites for hydroxylation is 3. The van der Waals surface area contributed by atoms with E-state index in [1.54, 1.807) is 7.05 Å². The third-order valence-electron chi connectivity index (χ3n) is 6.06. The van der Waals surface area contributed by atoms with Gasteiger partial charge in [-0.25, -0.2) is 4.79 Å². The van der Waals surface area contributed by atoms with Crippen molar-refractivity contribution in [1.82, 2.24) is 23.6 Å². The number of piperazine rings is 1. The first-order valence-corrected chi connectivity index (χ1v) is 10.8. The third-order valence-corrected chi connectivity index (χ3v) is 6.06. The van der Waals surface area contributed by atoms with Crippen molar-refractivity contribution in [3.63, 3.8) is 0 Å². The van der Waals surface area contributed by atoms with E-state index in [1.165, 1.54) is 21.7 Å². The van der Waals surface area contributed by atoms with Crippen molar-refractivity contribution in [2.75, 3.05) is 37.6 Å². The van der Waals surface area contributed by atoms with E-state index in [9.17, 15) is 9.59 Å². The molecule has 0 spiro atoms. The summed E-state index contributed by atoms with van der Waals surface area (Å²) >= 11 is 0. The molecule has 0 radical (unpaired) electrons. The number of nitrogens with zero attached hydrogens (tertiary/aromatic N) is 6. The molecule has 1 aromatic carbocycles. The summed E-state index contributed by atoms with van der Waals surface area (Å²) in [6.07, 6.45) is 3.72. The van der Waals surface area contributed by atoms with Gasteiger partial charge in [0.15, 0.2) is 11.2 Å². The van der Waals surface area contributed by atoms with Crippen LogP contribution in [0.1, 0.15) is 12.0 Å². The molecule has 164 valence electrons. The molecular weight excluding hydrogens is 392 g/mol. The summed E-state index contributed by atoms with van der Waals surface area (Å²) in [7, 11) is 3.20. The summed E-state index contributed by atoms with van der Waals surface area (Å²) in [5.41, 5.74) is 1.58. The largest absolute Gasteiger partial charge is 0.340 e. The predicted molar refractivity (Wildman–Crippen MR) is 124 cm³/mol. The molecule has 0 saturated carbocycles. The van der Waals surface area contributed by atoms with Crippen LogP contribution >= 0.6 is 0 Å². The van der Waals surface area contributed by atoms with Crippen LogP contribution in [0.25, 0.3) is 11.2 Å². The number of rotatable bonds is 7. The first-order chi connectivity index (χ1) is 15.0. The molecule has 1 fully saturated rings. The number of imidazole rings is 1. The first kappa shape index (κ1) is 21.1. The van der Waals surface area contributed by atoms with Gasteiger partial charge in [0.1, 0.15) is 0 Å². The molecule has 8 nitrogen and oxygen atoms in total. The molecule has 1 aliphatic rings. The van der Waals surface area contributed by atoms with Gasteiger partial charge in [-0.15, -0.1) is 6.58 Å². The van der Waals surface area contributed by atoms with Gasteiger partial charge >= 0.3 is 5.69 Å². The van der Waals surface area contributed by atoms with Crippen molar-refractivity contribution >= 4 is 17.1 Å². The Balaban J connectivity index is 1.70. The van der Waals surface area contributed by atoms with Crippen molar-refractivity contribution in [2.24, 2.45) is 14.1 Å². The fraction of sp³-hybridized carbons (Fsp3) is 0.435. The lowest BCUT2D eigenvalue weighted by molar-refractivity contribution is 0.282. The Morgan fingerprint density at radius 2 is 1.74 bits per heavy atom. The molecule has 31 heavy (non-hydrogen) atoms. The second-order valence-electron chi connectivity index (χ2n) is 8.11. The van der Waals surface area contributed by atoms with E-state index in [0.717, 1.165) is 51.5 Å². The van der Waals surface area contributed by atoms with Crippen LogP contribution in [0, 0.1) is 0 Å². The van der Waals surface area contributed by atoms with Crippen molar-refractivity contribution in [3.8, 4) is 0 Å². The van der Waals surface area contributed by atoms with E-state index in [1.807, 2.05) is 28.8 Å². The monoisotopic (exact) mass is 422 g/mol. The van der Waals surface area contributed by atoms with Crippen LogP contribution in [0.15, 0.2) is 52.6 Å². The quantitative estimate of drug-likeness (QED) is 0.538. The number of benzene rings is 1. The van der Waals surface area contributed by atoms with Gasteiger partial charge in [0, 0.05) is 53.4 Å². The summed E-state index contributed by atoms with van der Waals surface area (Å²) in [5.74, 6) is 0.777. The molecular formula is C23H30N6O2. The SMILES string of the molecule is C=CCN1CCN(c2nc3c(c(=O)n(C)c(=O)n3C)n2CCCc2ccccc2)CC1. The minimum absolute atomic E-state index is 0.290. The van der Waals surface area contributed by atoms with Crippen LogP contribution < -0.4 is 16.1 Å². The van der Waals surface area contributed by atoms with E-state index in [4.69, 9.17) is 4.98 Å². The lowest BCUT2D eigenvalue weighted by atomic mass is 10.1. The lowest BCUT2D eigenvalue weighted by Crippen LogP contribution is -2.47. The molecule has 0 unspecified atom stereocenters. The number of hydrogen-bond acceptors (Lipinski definition) is 5. The van der Waals surface area contributed by atoms with Crippen LogP contribution in [-0.2, 0) is 27.1 Å². The Hall–Kier alpha value is -3.13. The topological polar surface area (TPSA) is 68.3 Å². The van der Waals surface area contributed by atoms with Crippen LogP contribution in [0.4, 0.5) is 5.95 Å². The average Bonchev–Trinajstić information content (AvgIpc) is 3.17. The summed E-state index contributed by atoms with van der Waals surface area (Å²) in [4.78, 5) is 34.9. The zero-order chi connectivity index (χ0) is 22.0. The van der Waals surface area contributed by atoms with Gasteiger partial charge in [-0.1, -0.05) is 36.4 Å². The fourth-order valence-electron chi connectivity index (χ4n) is 4.29. The van der Waals surface area contributed by atoms with Gasteiger partial charge in [0.25, 0.3) is 5.56 Å². The molecule has 0 atom stereocenters. The molecule has 4 rings (SSSR count). The van der Waals surface area contributed by atoms with E-state index in [0.29, 0.717) is 17.7 Å². The Morgan fingerprint density at radius 1 is 1.03 bits per heavy atom. The molecule has 1 saturated heterocycles. The number of fused-ring (bicyclic) bond motifs is 1. The second kappa shape index (κ2) is 8.93. The summed E-state index contributed by atoms with van der Waals surface area (Å²) < 4.78 is 4.66. The van der Waals surface area contributed by atoms with Crippen molar-refractivity contribution < 1.29 is 0 Å². The summed E-state index contributed by atoms with van der Waals surface area (Å²) in [6.45, 7) is 8.84. The average molecular weight is 423 g/mol. The van der Waals surface area contributed by atoms with Crippen LogP contribution in [0.2, 0.25) is 0 Å². The van der Waals surface area contributed by atoms with Crippen molar-refractivity contribution in [1.29, 1.82) is 0 Å². The van der Waals surface area contributed by atoms with Gasteiger partial charge in [-0.05, 0) is 18.4 Å². The third kappa shape index (κ3) is 4.07.